The highest BCUT2D eigenvalue weighted by Gasteiger charge is 2.40. The average Bonchev–Trinajstić information content (AvgIpc) is 3.36. The van der Waals surface area contributed by atoms with Gasteiger partial charge in [-0.05, 0) is 64.4 Å². The molecule has 38 heavy (non-hydrogen) atoms. The van der Waals surface area contributed by atoms with Gasteiger partial charge in [-0.2, -0.15) is 0 Å². The van der Waals surface area contributed by atoms with E-state index in [4.69, 9.17) is 14.2 Å². The van der Waals surface area contributed by atoms with E-state index in [-0.39, 0.29) is 57.1 Å². The summed E-state index contributed by atoms with van der Waals surface area (Å²) in [6.45, 7) is 4.18. The Bertz CT molecular complexity index is 1190. The lowest BCUT2D eigenvalue weighted by Crippen LogP contribution is -2.55. The molecule has 10 heteroatoms. The Labute approximate surface area is 235 Å². The molecule has 3 unspecified atom stereocenters. The van der Waals surface area contributed by atoms with Crippen LogP contribution in [0.1, 0.15) is 32.3 Å². The molecule has 1 heterocycles. The van der Waals surface area contributed by atoms with Gasteiger partial charge in [0.15, 0.2) is 11.5 Å². The van der Waals surface area contributed by atoms with Gasteiger partial charge in [0.05, 0.1) is 16.2 Å². The van der Waals surface area contributed by atoms with Gasteiger partial charge in [-0.1, -0.05) is 32.0 Å². The van der Waals surface area contributed by atoms with Crippen molar-refractivity contribution in [3.63, 3.8) is 0 Å². The number of amides is 2. The van der Waals surface area contributed by atoms with Gasteiger partial charge in [0.1, 0.15) is 18.0 Å². The van der Waals surface area contributed by atoms with Crippen LogP contribution in [0.15, 0.2) is 54.1 Å². The fraction of sp³-hybridized carbons (Fsp3) is 0.429. The molecule has 0 bridgehead atoms. The zero-order valence-corrected chi connectivity index (χ0v) is 23.6. The van der Waals surface area contributed by atoms with Crippen LogP contribution >= 0.6 is 22.6 Å². The summed E-state index contributed by atoms with van der Waals surface area (Å²) in [4.78, 5) is 28.2. The Morgan fingerprint density at radius 3 is 2.68 bits per heavy atom. The molecule has 0 fully saturated rings. The van der Waals surface area contributed by atoms with Gasteiger partial charge < -0.3 is 34.6 Å². The van der Waals surface area contributed by atoms with E-state index in [1.165, 1.54) is 0 Å². The molecular weight excluding hydrogens is 603 g/mol. The molecule has 2 aliphatic rings. The van der Waals surface area contributed by atoms with Crippen molar-refractivity contribution in [3.8, 4) is 17.2 Å². The second kappa shape index (κ2) is 12.8. The molecule has 9 nitrogen and oxygen atoms in total. The number of hydrogen-bond acceptors (Lipinski definition) is 7. The second-order valence-corrected chi connectivity index (χ2v) is 10.9. The van der Waals surface area contributed by atoms with Crippen LogP contribution in [0.25, 0.3) is 0 Å². The zero-order chi connectivity index (χ0) is 27.2. The number of hydrogen-bond donors (Lipinski definition) is 3. The number of halogens is 1. The molecule has 2 aromatic rings. The van der Waals surface area contributed by atoms with Gasteiger partial charge in [0.2, 0.25) is 18.6 Å². The van der Waals surface area contributed by atoms with Crippen LogP contribution in [0, 0.1) is 9.49 Å². The van der Waals surface area contributed by atoms with Crippen LogP contribution in [0.3, 0.4) is 0 Å². The highest BCUT2D eigenvalue weighted by Crippen LogP contribution is 2.35. The number of ether oxygens (including phenoxy) is 3. The fourth-order valence-corrected chi connectivity index (χ4v) is 5.07. The van der Waals surface area contributed by atoms with Crippen LogP contribution in [0.2, 0.25) is 0 Å². The smallest absolute Gasteiger partial charge is 0.247 e. The van der Waals surface area contributed by atoms with E-state index in [0.29, 0.717) is 22.8 Å². The number of fused-ring (bicyclic) bond motifs is 1. The van der Waals surface area contributed by atoms with E-state index < -0.39 is 18.2 Å². The maximum absolute atomic E-state index is 13.6. The molecule has 0 spiro atoms. The van der Waals surface area contributed by atoms with Crippen molar-refractivity contribution in [3.05, 3.63) is 63.2 Å². The lowest BCUT2D eigenvalue weighted by atomic mass is 9.87. The summed E-state index contributed by atoms with van der Waals surface area (Å²) in [5, 5.41) is 23.4. The first-order valence-electron chi connectivity index (χ1n) is 12.6. The minimum atomic E-state index is -1.09. The normalized spacial score (nSPS) is 20.2. The number of rotatable bonds is 10. The highest BCUT2D eigenvalue weighted by molar-refractivity contribution is 14.1. The van der Waals surface area contributed by atoms with E-state index in [1.54, 1.807) is 23.1 Å². The predicted octanol–water partition coefficient (Wildman–Crippen LogP) is 3.01. The molecule has 0 radical (unpaired) electrons. The van der Waals surface area contributed by atoms with Crippen molar-refractivity contribution < 1.29 is 34.0 Å². The summed E-state index contributed by atoms with van der Waals surface area (Å²) in [7, 11) is 0. The van der Waals surface area contributed by atoms with Crippen LogP contribution in [0.5, 0.6) is 17.2 Å². The maximum atomic E-state index is 13.6. The third-order valence-corrected chi connectivity index (χ3v) is 7.30. The van der Waals surface area contributed by atoms with E-state index in [1.807, 2.05) is 44.2 Å². The first-order valence-corrected chi connectivity index (χ1v) is 13.7. The van der Waals surface area contributed by atoms with Crippen LogP contribution in [0.4, 0.5) is 0 Å². The van der Waals surface area contributed by atoms with E-state index >= 15 is 0 Å². The summed E-state index contributed by atoms with van der Waals surface area (Å²) < 4.78 is 18.0. The van der Waals surface area contributed by atoms with Crippen LogP contribution in [-0.2, 0) is 16.1 Å². The molecule has 3 N–H and O–H groups in total. The Morgan fingerprint density at radius 1 is 1.18 bits per heavy atom. The summed E-state index contributed by atoms with van der Waals surface area (Å²) in [5.41, 5.74) is 1.20. The molecule has 204 valence electrons. The highest BCUT2D eigenvalue weighted by atomic mass is 127. The Hall–Kier alpha value is -2.83. The molecule has 0 saturated carbocycles. The van der Waals surface area contributed by atoms with Crippen molar-refractivity contribution in [2.45, 2.75) is 51.5 Å². The number of nitrogens with zero attached hydrogens (tertiary/aromatic N) is 1. The van der Waals surface area contributed by atoms with Crippen LogP contribution < -0.4 is 19.5 Å². The zero-order valence-electron chi connectivity index (χ0n) is 21.4. The summed E-state index contributed by atoms with van der Waals surface area (Å²) in [6.07, 6.45) is 0.0727. The quantitative estimate of drug-likeness (QED) is 0.344. The molecule has 0 saturated heterocycles. The lowest BCUT2D eigenvalue weighted by molar-refractivity contribution is -0.140. The maximum Gasteiger partial charge on any atom is 0.247 e. The predicted molar refractivity (Wildman–Crippen MR) is 149 cm³/mol. The van der Waals surface area contributed by atoms with E-state index in [2.05, 4.69) is 27.9 Å². The number of aliphatic hydroxyl groups is 2. The van der Waals surface area contributed by atoms with Crippen molar-refractivity contribution in [1.82, 2.24) is 10.2 Å². The van der Waals surface area contributed by atoms with Gasteiger partial charge in [0, 0.05) is 31.5 Å². The molecule has 1 aliphatic heterocycles. The molecular formula is C28H33IN2O7. The Balaban J connectivity index is 1.67. The lowest BCUT2D eigenvalue weighted by Gasteiger charge is -2.41. The minimum Gasteiger partial charge on any atom is -0.482 e. The Morgan fingerprint density at radius 2 is 1.95 bits per heavy atom. The van der Waals surface area contributed by atoms with Gasteiger partial charge in [-0.3, -0.25) is 9.59 Å². The van der Waals surface area contributed by atoms with Gasteiger partial charge in [-0.25, -0.2) is 0 Å². The Kier molecular flexibility index (Phi) is 9.50. The number of nitrogens with one attached hydrogen (secondary N) is 1. The second-order valence-electron chi connectivity index (χ2n) is 9.75. The molecule has 2 aromatic carbocycles. The van der Waals surface area contributed by atoms with Crippen molar-refractivity contribution in [2.75, 3.05) is 19.9 Å². The van der Waals surface area contributed by atoms with E-state index in [9.17, 15) is 19.8 Å². The minimum absolute atomic E-state index is 0.0959. The average molecular weight is 636 g/mol. The standard InChI is InChI=1S/C28H33IN2O7/c1-17(2)11-26(33)31(15-18-7-8-23-24(12-18)37-16-36-23)21-13-19(28(35)30-9-10-32)14-25(27(21)34)38-22-6-4-3-5-20(22)29/h3-8,12,14,17,21,25,27,32,34H,9-11,13,15-16H2,1-2H3,(H,30,35). The molecule has 1 aliphatic carbocycles. The summed E-state index contributed by atoms with van der Waals surface area (Å²) in [5.74, 6) is 1.41. The molecule has 2 amide bonds. The van der Waals surface area contributed by atoms with Crippen molar-refractivity contribution in [2.24, 2.45) is 5.92 Å². The van der Waals surface area contributed by atoms with Crippen molar-refractivity contribution in [1.29, 1.82) is 0 Å². The topological polar surface area (TPSA) is 118 Å². The molecule has 3 atom stereocenters. The number of para-hydroxylation sites is 1. The van der Waals surface area contributed by atoms with Gasteiger partial charge in [0.25, 0.3) is 0 Å². The van der Waals surface area contributed by atoms with Gasteiger partial charge >= 0.3 is 0 Å². The molecule has 0 aromatic heterocycles. The largest absolute Gasteiger partial charge is 0.482 e. The first-order chi connectivity index (χ1) is 18.3. The monoisotopic (exact) mass is 636 g/mol. The number of carbonyl (C=O) groups is 2. The van der Waals surface area contributed by atoms with Crippen LogP contribution in [-0.4, -0.2) is 65.1 Å². The van der Waals surface area contributed by atoms with E-state index in [0.717, 1.165) is 9.13 Å². The number of benzene rings is 2. The number of aliphatic hydroxyl groups excluding tert-OH is 2. The third kappa shape index (κ3) is 6.78. The number of carbonyl (C=O) groups excluding carboxylic acids is 2. The summed E-state index contributed by atoms with van der Waals surface area (Å²) >= 11 is 2.15. The fourth-order valence-electron chi connectivity index (χ4n) is 4.56. The van der Waals surface area contributed by atoms with Gasteiger partial charge in [-0.15, -0.1) is 0 Å². The van der Waals surface area contributed by atoms with Crippen molar-refractivity contribution >= 4 is 34.4 Å². The summed E-state index contributed by atoms with van der Waals surface area (Å²) in [6, 6.07) is 12.2. The molecule has 4 rings (SSSR count). The SMILES string of the molecule is CC(C)CC(=O)N(Cc1ccc2c(c1)OCO2)C1CC(C(=O)NCCO)=CC(Oc2ccccc2I)C1O. The third-order valence-electron chi connectivity index (χ3n) is 6.41. The first kappa shape index (κ1) is 28.2.